The summed E-state index contributed by atoms with van der Waals surface area (Å²) in [7, 11) is 1.75. The van der Waals surface area contributed by atoms with E-state index in [1.807, 2.05) is 12.1 Å². The smallest absolute Gasteiger partial charge is 0.0494 e. The second-order valence-electron chi connectivity index (χ2n) is 4.40. The van der Waals surface area contributed by atoms with Gasteiger partial charge in [0, 0.05) is 31.2 Å². The van der Waals surface area contributed by atoms with Crippen LogP contribution < -0.4 is 5.32 Å². The Morgan fingerprint density at radius 3 is 2.76 bits per heavy atom. The molecule has 0 spiro atoms. The van der Waals surface area contributed by atoms with Gasteiger partial charge in [0.15, 0.2) is 0 Å². The Labute approximate surface area is 109 Å². The molecule has 2 atom stereocenters. The molecule has 1 rings (SSSR count). The molecule has 3 heteroatoms. The van der Waals surface area contributed by atoms with Crippen molar-refractivity contribution >= 4 is 11.6 Å². The monoisotopic (exact) mass is 255 g/mol. The largest absolute Gasteiger partial charge is 0.384 e. The Kier molecular flexibility index (Phi) is 6.56. The van der Waals surface area contributed by atoms with Crippen molar-refractivity contribution in [1.82, 2.24) is 5.32 Å². The first-order chi connectivity index (χ1) is 8.19. The molecule has 0 radical (unpaired) electrons. The van der Waals surface area contributed by atoms with Gasteiger partial charge in [0.25, 0.3) is 0 Å². The first-order valence-electron chi connectivity index (χ1n) is 6.14. The molecule has 0 fully saturated rings. The lowest BCUT2D eigenvalue weighted by Crippen LogP contribution is -2.27. The van der Waals surface area contributed by atoms with Gasteiger partial charge in [-0.15, -0.1) is 0 Å². The molecule has 0 amide bonds. The molecule has 0 bridgehead atoms. The third-order valence-electron chi connectivity index (χ3n) is 3.01. The molecule has 2 unspecified atom stereocenters. The van der Waals surface area contributed by atoms with E-state index in [2.05, 4.69) is 31.3 Å². The number of methoxy groups -OCH3 is 1. The summed E-state index contributed by atoms with van der Waals surface area (Å²) in [6.07, 6.45) is 0. The molecule has 1 N–H and O–H groups in total. The number of rotatable bonds is 7. The lowest BCUT2D eigenvalue weighted by atomic mass is 9.87. The Hall–Kier alpha value is -0.570. The van der Waals surface area contributed by atoms with E-state index in [0.29, 0.717) is 11.8 Å². The predicted octanol–water partition coefficient (Wildman–Crippen LogP) is 3.32. The molecule has 17 heavy (non-hydrogen) atoms. The SMILES string of the molecule is CCNCC(c1cccc(Cl)c1)C(C)COC. The highest BCUT2D eigenvalue weighted by Gasteiger charge is 2.19. The molecule has 0 saturated heterocycles. The number of hydrogen-bond acceptors (Lipinski definition) is 2. The summed E-state index contributed by atoms with van der Waals surface area (Å²) in [4.78, 5) is 0. The highest BCUT2D eigenvalue weighted by Crippen LogP contribution is 2.26. The van der Waals surface area contributed by atoms with Crippen LogP contribution in [0.25, 0.3) is 0 Å². The van der Waals surface area contributed by atoms with E-state index >= 15 is 0 Å². The van der Waals surface area contributed by atoms with Gasteiger partial charge < -0.3 is 10.1 Å². The van der Waals surface area contributed by atoms with Gasteiger partial charge in [-0.2, -0.15) is 0 Å². The zero-order chi connectivity index (χ0) is 12.7. The van der Waals surface area contributed by atoms with Crippen LogP contribution in [0.1, 0.15) is 25.3 Å². The average molecular weight is 256 g/mol. The Morgan fingerprint density at radius 2 is 2.18 bits per heavy atom. The van der Waals surface area contributed by atoms with Crippen molar-refractivity contribution in [3.05, 3.63) is 34.9 Å². The Morgan fingerprint density at radius 1 is 1.41 bits per heavy atom. The molecule has 96 valence electrons. The molecular weight excluding hydrogens is 234 g/mol. The van der Waals surface area contributed by atoms with Crippen LogP contribution in [0.5, 0.6) is 0 Å². The van der Waals surface area contributed by atoms with Crippen LogP contribution in [-0.2, 0) is 4.74 Å². The van der Waals surface area contributed by atoms with Crippen molar-refractivity contribution in [2.24, 2.45) is 5.92 Å². The molecule has 0 saturated carbocycles. The van der Waals surface area contributed by atoms with E-state index in [9.17, 15) is 0 Å². The van der Waals surface area contributed by atoms with Crippen molar-refractivity contribution in [2.45, 2.75) is 19.8 Å². The van der Waals surface area contributed by atoms with Crippen molar-refractivity contribution in [2.75, 3.05) is 26.8 Å². The topological polar surface area (TPSA) is 21.3 Å². The number of halogens is 1. The van der Waals surface area contributed by atoms with Gasteiger partial charge in [0.05, 0.1) is 0 Å². The number of hydrogen-bond donors (Lipinski definition) is 1. The number of benzene rings is 1. The van der Waals surface area contributed by atoms with Gasteiger partial charge in [-0.3, -0.25) is 0 Å². The van der Waals surface area contributed by atoms with E-state index < -0.39 is 0 Å². The maximum Gasteiger partial charge on any atom is 0.0494 e. The molecule has 0 aromatic heterocycles. The lowest BCUT2D eigenvalue weighted by Gasteiger charge is -2.24. The van der Waals surface area contributed by atoms with E-state index in [1.54, 1.807) is 7.11 Å². The first kappa shape index (κ1) is 14.5. The minimum Gasteiger partial charge on any atom is -0.384 e. The maximum absolute atomic E-state index is 6.05. The van der Waals surface area contributed by atoms with Gasteiger partial charge in [0.2, 0.25) is 0 Å². The summed E-state index contributed by atoms with van der Waals surface area (Å²) in [5.41, 5.74) is 1.28. The van der Waals surface area contributed by atoms with Gasteiger partial charge in [0.1, 0.15) is 0 Å². The second-order valence-corrected chi connectivity index (χ2v) is 4.84. The highest BCUT2D eigenvalue weighted by atomic mass is 35.5. The molecule has 1 aromatic carbocycles. The fourth-order valence-electron chi connectivity index (χ4n) is 2.06. The molecule has 2 nitrogen and oxygen atoms in total. The number of likely N-dealkylation sites (N-methyl/N-ethyl adjacent to an activating group) is 1. The quantitative estimate of drug-likeness (QED) is 0.807. The van der Waals surface area contributed by atoms with Crippen LogP contribution in [0.4, 0.5) is 0 Å². The minimum atomic E-state index is 0.439. The number of nitrogens with one attached hydrogen (secondary N) is 1. The summed E-state index contributed by atoms with van der Waals surface area (Å²) >= 11 is 6.05. The van der Waals surface area contributed by atoms with E-state index in [0.717, 1.165) is 24.7 Å². The van der Waals surface area contributed by atoms with Gasteiger partial charge in [-0.05, 0) is 30.2 Å². The third kappa shape index (κ3) is 4.66. The molecular formula is C14H22ClNO. The fourth-order valence-corrected chi connectivity index (χ4v) is 2.26. The zero-order valence-corrected chi connectivity index (χ0v) is 11.6. The normalized spacial score (nSPS) is 14.6. The second kappa shape index (κ2) is 7.70. The maximum atomic E-state index is 6.05. The van der Waals surface area contributed by atoms with Crippen molar-refractivity contribution in [3.8, 4) is 0 Å². The summed E-state index contributed by atoms with van der Waals surface area (Å²) < 4.78 is 5.26. The molecule has 0 aliphatic heterocycles. The predicted molar refractivity (Wildman–Crippen MR) is 73.8 cm³/mol. The van der Waals surface area contributed by atoms with Crippen LogP contribution in [0.3, 0.4) is 0 Å². The standard InChI is InChI=1S/C14H22ClNO/c1-4-16-9-14(11(2)10-17-3)12-6-5-7-13(15)8-12/h5-8,11,14,16H,4,9-10H2,1-3H3. The van der Waals surface area contributed by atoms with E-state index in [4.69, 9.17) is 16.3 Å². The van der Waals surface area contributed by atoms with Crippen LogP contribution in [-0.4, -0.2) is 26.8 Å². The third-order valence-corrected chi connectivity index (χ3v) is 3.24. The lowest BCUT2D eigenvalue weighted by molar-refractivity contribution is 0.146. The average Bonchev–Trinajstić information content (AvgIpc) is 2.30. The summed E-state index contributed by atoms with van der Waals surface area (Å²) in [6.45, 7) is 7.04. The van der Waals surface area contributed by atoms with Gasteiger partial charge in [-0.1, -0.05) is 37.6 Å². The van der Waals surface area contributed by atoms with E-state index in [1.165, 1.54) is 5.56 Å². The summed E-state index contributed by atoms with van der Waals surface area (Å²) in [5, 5.41) is 4.21. The summed E-state index contributed by atoms with van der Waals surface area (Å²) in [6, 6.07) is 8.11. The fraction of sp³-hybridized carbons (Fsp3) is 0.571. The van der Waals surface area contributed by atoms with Crippen molar-refractivity contribution < 1.29 is 4.74 Å². The van der Waals surface area contributed by atoms with Crippen LogP contribution >= 0.6 is 11.6 Å². The van der Waals surface area contributed by atoms with Crippen molar-refractivity contribution in [1.29, 1.82) is 0 Å². The first-order valence-corrected chi connectivity index (χ1v) is 6.52. The summed E-state index contributed by atoms with van der Waals surface area (Å²) in [5.74, 6) is 0.908. The van der Waals surface area contributed by atoms with E-state index in [-0.39, 0.29) is 0 Å². The number of ether oxygens (including phenoxy) is 1. The van der Waals surface area contributed by atoms with Crippen LogP contribution in [0.15, 0.2) is 24.3 Å². The van der Waals surface area contributed by atoms with Gasteiger partial charge >= 0.3 is 0 Å². The molecule has 0 aliphatic rings. The van der Waals surface area contributed by atoms with Gasteiger partial charge in [-0.25, -0.2) is 0 Å². The molecule has 1 aromatic rings. The molecule has 0 heterocycles. The van der Waals surface area contributed by atoms with Crippen LogP contribution in [0, 0.1) is 5.92 Å². The Bertz CT molecular complexity index is 330. The minimum absolute atomic E-state index is 0.439. The van der Waals surface area contributed by atoms with Crippen molar-refractivity contribution in [3.63, 3.8) is 0 Å². The van der Waals surface area contributed by atoms with Crippen LogP contribution in [0.2, 0.25) is 5.02 Å². The zero-order valence-electron chi connectivity index (χ0n) is 10.9. The Balaban J connectivity index is 2.81. The highest BCUT2D eigenvalue weighted by molar-refractivity contribution is 6.30. The molecule has 0 aliphatic carbocycles.